The molecule has 0 aromatic rings. The fourth-order valence-electron chi connectivity index (χ4n) is 6.60. The molecule has 0 aliphatic heterocycles. The van der Waals surface area contributed by atoms with E-state index in [2.05, 4.69) is 32.6 Å². The highest BCUT2D eigenvalue weighted by Gasteiger charge is 2.16. The number of ether oxygens (including phenoxy) is 1. The number of aliphatic hydroxyl groups excluding tert-OH is 1. The summed E-state index contributed by atoms with van der Waals surface area (Å²) in [6, 6.07) is 0. The lowest BCUT2D eigenvalue weighted by molar-refractivity contribution is -0.150. The smallest absolute Gasteiger partial charge is 0.306 e. The first-order valence-corrected chi connectivity index (χ1v) is 20.0. The molecular formula is C40H79NO4. The van der Waals surface area contributed by atoms with Gasteiger partial charge < -0.3 is 14.7 Å². The van der Waals surface area contributed by atoms with Gasteiger partial charge in [0, 0.05) is 25.8 Å². The second-order valence-corrected chi connectivity index (χ2v) is 14.0. The Morgan fingerprint density at radius 3 is 1.49 bits per heavy atom. The van der Waals surface area contributed by atoms with Gasteiger partial charge in [-0.25, -0.2) is 0 Å². The van der Waals surface area contributed by atoms with Crippen LogP contribution in [0.5, 0.6) is 0 Å². The molecule has 1 N–H and O–H groups in total. The zero-order valence-corrected chi connectivity index (χ0v) is 30.9. The van der Waals surface area contributed by atoms with Crippen molar-refractivity contribution >= 4 is 11.8 Å². The van der Waals surface area contributed by atoms with Crippen LogP contribution in [0.25, 0.3) is 0 Å². The van der Waals surface area contributed by atoms with Crippen molar-refractivity contribution in [2.45, 2.75) is 214 Å². The van der Waals surface area contributed by atoms with Crippen molar-refractivity contribution in [2.75, 3.05) is 26.2 Å². The number of hydrogen-bond donors (Lipinski definition) is 1. The second-order valence-electron chi connectivity index (χ2n) is 14.0. The summed E-state index contributed by atoms with van der Waals surface area (Å²) in [5, 5.41) is 9.60. The Balaban J connectivity index is 4.46. The van der Waals surface area contributed by atoms with Crippen molar-refractivity contribution in [3.05, 3.63) is 0 Å². The lowest BCUT2D eigenvalue weighted by atomic mass is 9.89. The van der Waals surface area contributed by atoms with E-state index < -0.39 is 0 Å². The Kier molecular flexibility index (Phi) is 33.7. The van der Waals surface area contributed by atoms with Gasteiger partial charge in [-0.05, 0) is 51.1 Å². The summed E-state index contributed by atoms with van der Waals surface area (Å²) in [7, 11) is 0. The molecule has 45 heavy (non-hydrogen) atoms. The van der Waals surface area contributed by atoms with E-state index in [1.165, 1.54) is 122 Å². The third kappa shape index (κ3) is 30.2. The summed E-state index contributed by atoms with van der Waals surface area (Å²) in [6.45, 7) is 11.2. The summed E-state index contributed by atoms with van der Waals surface area (Å²) in [5.41, 5.74) is 0. The standard InChI is InChI=1S/C40H79NO4/c1-5-9-12-15-18-21-27-37(28-22-19-16-13-10-6-2)36-38(43)29-24-32-41(34-35-42)33-25-31-40(44)45-39(26-8-4)30-23-20-17-14-11-7-3/h37,39,42H,5-36H2,1-4H3. The van der Waals surface area contributed by atoms with Crippen LogP contribution in [-0.4, -0.2) is 54.1 Å². The number of carbonyl (C=O) groups is 2. The fourth-order valence-corrected chi connectivity index (χ4v) is 6.60. The van der Waals surface area contributed by atoms with Crippen LogP contribution in [-0.2, 0) is 14.3 Å². The van der Waals surface area contributed by atoms with Gasteiger partial charge in [-0.15, -0.1) is 0 Å². The second kappa shape index (κ2) is 34.4. The van der Waals surface area contributed by atoms with E-state index in [1.807, 2.05) is 0 Å². The van der Waals surface area contributed by atoms with Gasteiger partial charge in [0.15, 0.2) is 0 Å². The maximum atomic E-state index is 13.0. The zero-order chi connectivity index (χ0) is 33.2. The van der Waals surface area contributed by atoms with E-state index in [0.717, 1.165) is 58.0 Å². The molecule has 5 heteroatoms. The van der Waals surface area contributed by atoms with Crippen LogP contribution < -0.4 is 0 Å². The fraction of sp³-hybridized carbons (Fsp3) is 0.950. The highest BCUT2D eigenvalue weighted by molar-refractivity contribution is 5.78. The molecule has 0 heterocycles. The summed E-state index contributed by atoms with van der Waals surface area (Å²) in [6.07, 6.45) is 32.1. The Hall–Kier alpha value is -0.940. The maximum absolute atomic E-state index is 13.0. The number of Topliss-reactive ketones (excluding diaryl/α,β-unsaturated/α-hetero) is 1. The van der Waals surface area contributed by atoms with Crippen LogP contribution in [0.1, 0.15) is 207 Å². The van der Waals surface area contributed by atoms with E-state index in [4.69, 9.17) is 4.74 Å². The SMILES string of the molecule is CCCCCCCCC(CCCCCCCC)CC(=O)CCCN(CCO)CCCC(=O)OC(CCC)CCCCCCCC. The zero-order valence-electron chi connectivity index (χ0n) is 30.9. The van der Waals surface area contributed by atoms with Gasteiger partial charge in [0.2, 0.25) is 0 Å². The lowest BCUT2D eigenvalue weighted by Crippen LogP contribution is -2.30. The van der Waals surface area contributed by atoms with Gasteiger partial charge in [-0.3, -0.25) is 9.59 Å². The quantitative estimate of drug-likeness (QED) is 0.0547. The van der Waals surface area contributed by atoms with Crippen LogP contribution in [0, 0.1) is 5.92 Å². The number of unbranched alkanes of at least 4 members (excludes halogenated alkanes) is 15. The number of carbonyl (C=O) groups excluding carboxylic acids is 2. The molecule has 0 amide bonds. The number of aliphatic hydroxyl groups is 1. The molecule has 0 bridgehead atoms. The first-order chi connectivity index (χ1) is 22.0. The molecule has 0 saturated carbocycles. The lowest BCUT2D eigenvalue weighted by Gasteiger charge is -2.22. The van der Waals surface area contributed by atoms with Crippen molar-refractivity contribution in [3.63, 3.8) is 0 Å². The summed E-state index contributed by atoms with van der Waals surface area (Å²) in [5.74, 6) is 0.879. The van der Waals surface area contributed by atoms with Gasteiger partial charge in [-0.1, -0.05) is 156 Å². The predicted octanol–water partition coefficient (Wildman–Crippen LogP) is 11.4. The highest BCUT2D eigenvalue weighted by Crippen LogP contribution is 2.23. The molecule has 0 aliphatic rings. The average molecular weight is 638 g/mol. The maximum Gasteiger partial charge on any atom is 0.306 e. The van der Waals surface area contributed by atoms with Crippen LogP contribution in [0.4, 0.5) is 0 Å². The highest BCUT2D eigenvalue weighted by atomic mass is 16.5. The molecule has 0 saturated heterocycles. The van der Waals surface area contributed by atoms with Gasteiger partial charge in [-0.2, -0.15) is 0 Å². The third-order valence-electron chi connectivity index (χ3n) is 9.44. The minimum absolute atomic E-state index is 0.0548. The molecule has 0 aliphatic carbocycles. The minimum atomic E-state index is -0.0830. The number of rotatable bonds is 36. The predicted molar refractivity (Wildman–Crippen MR) is 194 cm³/mol. The molecule has 0 aromatic carbocycles. The number of hydrogen-bond acceptors (Lipinski definition) is 5. The van der Waals surface area contributed by atoms with Crippen molar-refractivity contribution in [1.82, 2.24) is 4.90 Å². The molecule has 0 fully saturated rings. The molecule has 0 rings (SSSR count). The number of ketones is 1. The van der Waals surface area contributed by atoms with Crippen LogP contribution in [0.15, 0.2) is 0 Å². The topological polar surface area (TPSA) is 66.8 Å². The van der Waals surface area contributed by atoms with E-state index in [-0.39, 0.29) is 18.7 Å². The largest absolute Gasteiger partial charge is 0.462 e. The van der Waals surface area contributed by atoms with Crippen LogP contribution in [0.2, 0.25) is 0 Å². The van der Waals surface area contributed by atoms with E-state index in [9.17, 15) is 14.7 Å². The first kappa shape index (κ1) is 44.1. The van der Waals surface area contributed by atoms with Gasteiger partial charge in [0.05, 0.1) is 6.61 Å². The van der Waals surface area contributed by atoms with Gasteiger partial charge >= 0.3 is 5.97 Å². The van der Waals surface area contributed by atoms with Crippen LogP contribution >= 0.6 is 0 Å². The van der Waals surface area contributed by atoms with Gasteiger partial charge in [0.1, 0.15) is 11.9 Å². The third-order valence-corrected chi connectivity index (χ3v) is 9.44. The minimum Gasteiger partial charge on any atom is -0.462 e. The van der Waals surface area contributed by atoms with Crippen LogP contribution in [0.3, 0.4) is 0 Å². The Morgan fingerprint density at radius 2 is 1.00 bits per heavy atom. The molecular weight excluding hydrogens is 558 g/mol. The number of nitrogens with zero attached hydrogens (tertiary/aromatic N) is 1. The van der Waals surface area contributed by atoms with Crippen molar-refractivity contribution < 1.29 is 19.4 Å². The van der Waals surface area contributed by atoms with E-state index >= 15 is 0 Å². The molecule has 0 radical (unpaired) electrons. The summed E-state index contributed by atoms with van der Waals surface area (Å²) in [4.78, 5) is 27.8. The Bertz CT molecular complexity index is 624. The number of esters is 1. The summed E-state index contributed by atoms with van der Waals surface area (Å²) < 4.78 is 5.86. The molecule has 0 aromatic heterocycles. The molecule has 1 unspecified atom stereocenters. The van der Waals surface area contributed by atoms with Crippen molar-refractivity contribution in [3.8, 4) is 0 Å². The summed E-state index contributed by atoms with van der Waals surface area (Å²) >= 11 is 0. The molecule has 1 atom stereocenters. The Labute approximate surface area is 281 Å². The van der Waals surface area contributed by atoms with Crippen molar-refractivity contribution in [2.24, 2.45) is 5.92 Å². The first-order valence-electron chi connectivity index (χ1n) is 20.0. The average Bonchev–Trinajstić information content (AvgIpc) is 3.02. The monoisotopic (exact) mass is 638 g/mol. The van der Waals surface area contributed by atoms with Crippen molar-refractivity contribution in [1.29, 1.82) is 0 Å². The molecule has 268 valence electrons. The normalized spacial score (nSPS) is 12.3. The molecule has 5 nitrogen and oxygen atoms in total. The van der Waals surface area contributed by atoms with E-state index in [0.29, 0.717) is 31.1 Å². The molecule has 0 spiro atoms. The van der Waals surface area contributed by atoms with E-state index in [1.54, 1.807) is 0 Å². The Morgan fingerprint density at radius 1 is 0.533 bits per heavy atom. The van der Waals surface area contributed by atoms with Gasteiger partial charge in [0.25, 0.3) is 0 Å².